The van der Waals surface area contributed by atoms with E-state index in [1.165, 1.54) is 22.3 Å². The molecule has 0 aliphatic rings. The Bertz CT molecular complexity index is 653. The first kappa shape index (κ1) is 18.5. The van der Waals surface area contributed by atoms with Gasteiger partial charge in [0.15, 0.2) is 0 Å². The predicted molar refractivity (Wildman–Crippen MR) is 103 cm³/mol. The molecule has 2 heteroatoms. The van der Waals surface area contributed by atoms with E-state index in [0.29, 0.717) is 19.1 Å². The second kappa shape index (κ2) is 7.85. The van der Waals surface area contributed by atoms with Crippen LogP contribution < -0.4 is 10.5 Å². The fraction of sp³-hybridized carbons (Fsp3) is 0.455. The summed E-state index contributed by atoms with van der Waals surface area (Å²) in [6, 6.07) is 15.4. The molecule has 0 heterocycles. The Hall–Kier alpha value is -1.80. The Balaban J connectivity index is 2.16. The lowest BCUT2D eigenvalue weighted by Gasteiger charge is -2.21. The summed E-state index contributed by atoms with van der Waals surface area (Å²) in [7, 11) is 0. The van der Waals surface area contributed by atoms with Crippen molar-refractivity contribution in [3.8, 4) is 5.75 Å². The number of nitrogens with two attached hydrogens (primary N) is 1. The number of hydrogen-bond donors (Lipinski definition) is 1. The van der Waals surface area contributed by atoms with Crippen LogP contribution >= 0.6 is 0 Å². The van der Waals surface area contributed by atoms with Gasteiger partial charge in [-0.05, 0) is 60.5 Å². The molecule has 0 amide bonds. The van der Waals surface area contributed by atoms with Gasteiger partial charge in [-0.1, -0.05) is 57.2 Å². The van der Waals surface area contributed by atoms with Crippen molar-refractivity contribution in [2.24, 2.45) is 5.73 Å². The minimum Gasteiger partial charge on any atom is -0.494 e. The summed E-state index contributed by atoms with van der Waals surface area (Å²) < 4.78 is 5.64. The molecule has 0 aromatic heterocycles. The van der Waals surface area contributed by atoms with Crippen molar-refractivity contribution in [1.82, 2.24) is 0 Å². The van der Waals surface area contributed by atoms with E-state index in [-0.39, 0.29) is 5.41 Å². The molecule has 2 aromatic carbocycles. The Morgan fingerprint density at radius 2 is 1.71 bits per heavy atom. The number of benzene rings is 2. The normalized spacial score (nSPS) is 12.9. The van der Waals surface area contributed by atoms with E-state index < -0.39 is 0 Å². The van der Waals surface area contributed by atoms with Crippen molar-refractivity contribution < 1.29 is 4.74 Å². The fourth-order valence-corrected chi connectivity index (χ4v) is 3.01. The Labute approximate surface area is 147 Å². The molecule has 2 rings (SSSR count). The maximum Gasteiger partial charge on any atom is 0.122 e. The molecule has 2 N–H and O–H groups in total. The van der Waals surface area contributed by atoms with Crippen LogP contribution in [-0.2, 0) is 11.8 Å². The molecule has 0 spiro atoms. The third-order valence-corrected chi connectivity index (χ3v) is 4.56. The van der Waals surface area contributed by atoms with Crippen LogP contribution in [0.4, 0.5) is 0 Å². The molecular weight excluding hydrogens is 294 g/mol. The molecule has 130 valence electrons. The highest BCUT2D eigenvalue weighted by molar-refractivity contribution is 5.38. The minimum atomic E-state index is 0.192. The lowest BCUT2D eigenvalue weighted by atomic mass is 9.85. The number of ether oxygens (including phenoxy) is 1. The zero-order valence-corrected chi connectivity index (χ0v) is 15.7. The highest BCUT2D eigenvalue weighted by Crippen LogP contribution is 2.27. The van der Waals surface area contributed by atoms with Gasteiger partial charge in [0, 0.05) is 5.92 Å². The molecule has 0 fully saturated rings. The molecule has 2 nitrogen and oxygen atoms in total. The topological polar surface area (TPSA) is 35.2 Å². The van der Waals surface area contributed by atoms with Crippen LogP contribution in [0.25, 0.3) is 0 Å². The van der Waals surface area contributed by atoms with Gasteiger partial charge in [-0.15, -0.1) is 0 Å². The molecule has 1 unspecified atom stereocenters. The first-order valence-corrected chi connectivity index (χ1v) is 8.88. The van der Waals surface area contributed by atoms with E-state index in [0.717, 1.165) is 12.2 Å². The fourth-order valence-electron chi connectivity index (χ4n) is 3.01. The Morgan fingerprint density at radius 3 is 2.21 bits per heavy atom. The Kier molecular flexibility index (Phi) is 6.06. The number of rotatable bonds is 6. The van der Waals surface area contributed by atoms with Crippen molar-refractivity contribution in [2.75, 3.05) is 13.2 Å². The molecular formula is C22H31NO. The molecule has 0 saturated heterocycles. The average molecular weight is 325 g/mol. The van der Waals surface area contributed by atoms with E-state index in [2.05, 4.69) is 70.2 Å². The first-order chi connectivity index (χ1) is 11.3. The quantitative estimate of drug-likeness (QED) is 0.813. The van der Waals surface area contributed by atoms with E-state index in [4.69, 9.17) is 10.5 Å². The van der Waals surface area contributed by atoms with Crippen LogP contribution in [0.15, 0.2) is 42.5 Å². The zero-order chi connectivity index (χ0) is 17.7. The minimum absolute atomic E-state index is 0.192. The van der Waals surface area contributed by atoms with Gasteiger partial charge in [0.05, 0.1) is 6.61 Å². The van der Waals surface area contributed by atoms with Crippen molar-refractivity contribution in [2.45, 2.75) is 52.4 Å². The molecule has 24 heavy (non-hydrogen) atoms. The van der Waals surface area contributed by atoms with Gasteiger partial charge < -0.3 is 10.5 Å². The highest BCUT2D eigenvalue weighted by Gasteiger charge is 2.15. The van der Waals surface area contributed by atoms with Gasteiger partial charge in [0.2, 0.25) is 0 Å². The van der Waals surface area contributed by atoms with Crippen molar-refractivity contribution >= 4 is 0 Å². The lowest BCUT2D eigenvalue weighted by Crippen LogP contribution is -2.16. The summed E-state index contributed by atoms with van der Waals surface area (Å²) in [6.07, 6.45) is 0.967. The smallest absolute Gasteiger partial charge is 0.122 e. The Morgan fingerprint density at radius 1 is 1.04 bits per heavy atom. The van der Waals surface area contributed by atoms with Gasteiger partial charge in [0.25, 0.3) is 0 Å². The highest BCUT2D eigenvalue weighted by atomic mass is 16.5. The number of aryl methyl sites for hydroxylation is 1. The monoisotopic (exact) mass is 325 g/mol. The van der Waals surface area contributed by atoms with Crippen molar-refractivity contribution in [3.63, 3.8) is 0 Å². The third kappa shape index (κ3) is 4.61. The summed E-state index contributed by atoms with van der Waals surface area (Å²) in [5.41, 5.74) is 11.4. The maximum absolute atomic E-state index is 6.07. The van der Waals surface area contributed by atoms with Gasteiger partial charge in [0.1, 0.15) is 5.75 Å². The summed E-state index contributed by atoms with van der Waals surface area (Å²) in [5, 5.41) is 0. The van der Waals surface area contributed by atoms with Gasteiger partial charge in [-0.2, -0.15) is 0 Å². The van der Waals surface area contributed by atoms with Crippen molar-refractivity contribution in [1.29, 1.82) is 0 Å². The van der Waals surface area contributed by atoms with Crippen LogP contribution in [0.2, 0.25) is 0 Å². The van der Waals surface area contributed by atoms with Crippen LogP contribution in [0, 0.1) is 6.92 Å². The summed E-state index contributed by atoms with van der Waals surface area (Å²) >= 11 is 0. The van der Waals surface area contributed by atoms with Gasteiger partial charge >= 0.3 is 0 Å². The molecule has 0 aliphatic heterocycles. The standard InChI is InChI=1S/C22H31NO/c1-6-24-21-12-9-18(13-16(21)2)19(15-23)14-17-7-10-20(11-8-17)22(3,4)5/h7-13,19H,6,14-15,23H2,1-5H3. The molecule has 0 bridgehead atoms. The van der Waals surface area contributed by atoms with E-state index in [9.17, 15) is 0 Å². The zero-order valence-electron chi connectivity index (χ0n) is 15.7. The largest absolute Gasteiger partial charge is 0.494 e. The SMILES string of the molecule is CCOc1ccc(C(CN)Cc2ccc(C(C)(C)C)cc2)cc1C. The van der Waals surface area contributed by atoms with Crippen LogP contribution in [0.1, 0.15) is 55.9 Å². The van der Waals surface area contributed by atoms with Crippen molar-refractivity contribution in [3.05, 3.63) is 64.7 Å². The average Bonchev–Trinajstić information content (AvgIpc) is 2.54. The second-order valence-corrected chi connectivity index (χ2v) is 7.54. The van der Waals surface area contributed by atoms with Gasteiger partial charge in [-0.25, -0.2) is 0 Å². The molecule has 2 aromatic rings. The van der Waals surface area contributed by atoms with E-state index in [1.807, 2.05) is 6.92 Å². The lowest BCUT2D eigenvalue weighted by molar-refractivity contribution is 0.337. The molecule has 0 saturated carbocycles. The third-order valence-electron chi connectivity index (χ3n) is 4.56. The molecule has 0 radical (unpaired) electrons. The van der Waals surface area contributed by atoms with Crippen LogP contribution in [0.3, 0.4) is 0 Å². The first-order valence-electron chi connectivity index (χ1n) is 8.88. The summed E-state index contributed by atoms with van der Waals surface area (Å²) in [4.78, 5) is 0. The van der Waals surface area contributed by atoms with E-state index >= 15 is 0 Å². The second-order valence-electron chi connectivity index (χ2n) is 7.54. The predicted octanol–water partition coefficient (Wildman–Crippen LogP) is 4.98. The maximum atomic E-state index is 6.07. The van der Waals surface area contributed by atoms with Gasteiger partial charge in [-0.3, -0.25) is 0 Å². The number of hydrogen-bond acceptors (Lipinski definition) is 2. The molecule has 1 atom stereocenters. The van der Waals surface area contributed by atoms with Crippen LogP contribution in [-0.4, -0.2) is 13.2 Å². The summed E-state index contributed by atoms with van der Waals surface area (Å²) in [6.45, 7) is 12.2. The van der Waals surface area contributed by atoms with E-state index in [1.54, 1.807) is 0 Å². The van der Waals surface area contributed by atoms with Crippen LogP contribution in [0.5, 0.6) is 5.75 Å². The summed E-state index contributed by atoms with van der Waals surface area (Å²) in [5.74, 6) is 1.30. The molecule has 0 aliphatic carbocycles.